The Morgan fingerprint density at radius 3 is 3.00 bits per heavy atom. The van der Waals surface area contributed by atoms with Crippen molar-refractivity contribution in [2.45, 2.75) is 0 Å². The molecule has 0 fully saturated rings. The van der Waals surface area contributed by atoms with E-state index in [2.05, 4.69) is 22.5 Å². The maximum atomic E-state index is 11.0. The van der Waals surface area contributed by atoms with Gasteiger partial charge in [-0.15, -0.1) is 4.73 Å². The topological polar surface area (TPSA) is 36.2 Å². The zero-order valence-corrected chi connectivity index (χ0v) is 7.95. The van der Waals surface area contributed by atoms with Gasteiger partial charge in [-0.3, -0.25) is 0 Å². The third-order valence-corrected chi connectivity index (χ3v) is 1.39. The quantitative estimate of drug-likeness (QED) is 0.584. The molecule has 0 atom stereocenters. The first-order valence-corrected chi connectivity index (χ1v) is 4.13. The van der Waals surface area contributed by atoms with Crippen LogP contribution < -0.4 is 9.47 Å². The van der Waals surface area contributed by atoms with Crippen molar-refractivity contribution in [3.63, 3.8) is 0 Å². The molecule has 1 heterocycles. The van der Waals surface area contributed by atoms with E-state index in [1.807, 2.05) is 0 Å². The molecule has 0 spiro atoms. The molecule has 1 rings (SSSR count). The second-order valence-corrected chi connectivity index (χ2v) is 3.29. The summed E-state index contributed by atoms with van der Waals surface area (Å²) in [5.74, 6) is 0.276. The molecule has 0 aliphatic heterocycles. The molecule has 0 amide bonds. The summed E-state index contributed by atoms with van der Waals surface area (Å²) >= 11 is 3.13. The van der Waals surface area contributed by atoms with E-state index >= 15 is 0 Å². The molecule has 4 heteroatoms. The summed E-state index contributed by atoms with van der Waals surface area (Å²) in [4.78, 5) is 0. The molecule has 0 saturated carbocycles. The van der Waals surface area contributed by atoms with E-state index in [0.29, 0.717) is 15.8 Å². The van der Waals surface area contributed by atoms with Gasteiger partial charge in [0.1, 0.15) is 6.61 Å². The normalized spacial score (nSPS) is 9.42. The third-order valence-electron chi connectivity index (χ3n) is 1.17. The van der Waals surface area contributed by atoms with E-state index in [0.717, 1.165) is 0 Å². The summed E-state index contributed by atoms with van der Waals surface area (Å²) in [5.41, 5.74) is 0. The van der Waals surface area contributed by atoms with Gasteiger partial charge in [-0.25, -0.2) is 0 Å². The fraction of sp³-hybridized carbons (Fsp3) is 0.125. The van der Waals surface area contributed by atoms with Crippen LogP contribution >= 0.6 is 15.9 Å². The van der Waals surface area contributed by atoms with E-state index in [9.17, 15) is 5.21 Å². The maximum Gasteiger partial charge on any atom is 0.379 e. The highest BCUT2D eigenvalue weighted by Gasteiger charge is 2.02. The van der Waals surface area contributed by atoms with E-state index in [1.165, 1.54) is 6.20 Å². The van der Waals surface area contributed by atoms with Gasteiger partial charge in [0.15, 0.2) is 6.20 Å². The van der Waals surface area contributed by atoms with Crippen LogP contribution in [0.3, 0.4) is 0 Å². The minimum Gasteiger partial charge on any atom is -0.616 e. The predicted molar refractivity (Wildman–Crippen MR) is 49.0 cm³/mol. The van der Waals surface area contributed by atoms with Crippen molar-refractivity contribution >= 4 is 15.9 Å². The van der Waals surface area contributed by atoms with Crippen LogP contribution in [-0.4, -0.2) is 6.61 Å². The minimum atomic E-state index is 0.276. The number of ether oxygens (including phenoxy) is 1. The van der Waals surface area contributed by atoms with Crippen LogP contribution in [0.5, 0.6) is 5.88 Å². The average Bonchev–Trinajstić information content (AvgIpc) is 2.03. The third kappa shape index (κ3) is 2.54. The van der Waals surface area contributed by atoms with Gasteiger partial charge < -0.3 is 9.94 Å². The highest BCUT2D eigenvalue weighted by atomic mass is 79.9. The highest BCUT2D eigenvalue weighted by molar-refractivity contribution is 9.11. The van der Waals surface area contributed by atoms with Crippen LogP contribution in [-0.2, 0) is 0 Å². The predicted octanol–water partition coefficient (Wildman–Crippen LogP) is 1.61. The van der Waals surface area contributed by atoms with Crippen molar-refractivity contribution in [3.05, 3.63) is 40.7 Å². The fourth-order valence-corrected chi connectivity index (χ4v) is 0.791. The molecule has 0 aliphatic carbocycles. The number of hydrogen-bond donors (Lipinski definition) is 0. The Labute approximate surface area is 79.0 Å². The van der Waals surface area contributed by atoms with Crippen molar-refractivity contribution in [1.29, 1.82) is 0 Å². The summed E-state index contributed by atoms with van der Waals surface area (Å²) in [5, 5.41) is 11.0. The first-order valence-electron chi connectivity index (χ1n) is 3.34. The molecule has 0 N–H and O–H groups in total. The number of halogens is 1. The van der Waals surface area contributed by atoms with Gasteiger partial charge in [-0.2, -0.15) is 0 Å². The lowest BCUT2D eigenvalue weighted by Gasteiger charge is -2.03. The Kier molecular flexibility index (Phi) is 3.10. The first-order chi connectivity index (χ1) is 5.70. The molecular weight excluding hydrogens is 222 g/mol. The van der Waals surface area contributed by atoms with Crippen molar-refractivity contribution in [2.75, 3.05) is 6.61 Å². The monoisotopic (exact) mass is 229 g/mol. The van der Waals surface area contributed by atoms with Crippen LogP contribution in [0.15, 0.2) is 35.5 Å². The van der Waals surface area contributed by atoms with Crippen molar-refractivity contribution in [2.24, 2.45) is 0 Å². The number of pyridine rings is 1. The second-order valence-electron chi connectivity index (χ2n) is 2.17. The molecule has 12 heavy (non-hydrogen) atoms. The van der Waals surface area contributed by atoms with E-state index in [1.54, 1.807) is 18.2 Å². The van der Waals surface area contributed by atoms with Crippen molar-refractivity contribution in [1.82, 2.24) is 0 Å². The maximum absolute atomic E-state index is 11.0. The van der Waals surface area contributed by atoms with Gasteiger partial charge in [0, 0.05) is 10.5 Å². The first kappa shape index (κ1) is 9.06. The van der Waals surface area contributed by atoms with Crippen molar-refractivity contribution < 1.29 is 9.47 Å². The Morgan fingerprint density at radius 1 is 1.67 bits per heavy atom. The molecule has 1 aromatic rings. The SMILES string of the molecule is C=C(Br)COc1cccc[n+]1[O-]. The minimum absolute atomic E-state index is 0.276. The molecule has 0 aromatic carbocycles. The smallest absolute Gasteiger partial charge is 0.379 e. The molecular formula is C8H8BrNO2. The zero-order chi connectivity index (χ0) is 8.97. The average molecular weight is 230 g/mol. The highest BCUT2D eigenvalue weighted by Crippen LogP contribution is 2.05. The Balaban J connectivity index is 2.63. The van der Waals surface area contributed by atoms with Gasteiger partial charge in [0.25, 0.3) is 0 Å². The second kappa shape index (κ2) is 4.11. The number of nitrogens with zero attached hydrogens (tertiary/aromatic N) is 1. The summed E-state index contributed by atoms with van der Waals surface area (Å²) in [7, 11) is 0. The lowest BCUT2D eigenvalue weighted by Crippen LogP contribution is -2.28. The van der Waals surface area contributed by atoms with Gasteiger partial charge in [-0.1, -0.05) is 22.5 Å². The van der Waals surface area contributed by atoms with E-state index < -0.39 is 0 Å². The zero-order valence-electron chi connectivity index (χ0n) is 6.37. The summed E-state index contributed by atoms with van der Waals surface area (Å²) in [6.07, 6.45) is 1.38. The van der Waals surface area contributed by atoms with Crippen LogP contribution in [0.4, 0.5) is 0 Å². The fourth-order valence-electron chi connectivity index (χ4n) is 0.677. The van der Waals surface area contributed by atoms with Crippen LogP contribution in [0.2, 0.25) is 0 Å². The largest absolute Gasteiger partial charge is 0.616 e. The summed E-state index contributed by atoms with van der Waals surface area (Å²) in [6.45, 7) is 3.88. The number of aromatic nitrogens is 1. The molecule has 3 nitrogen and oxygen atoms in total. The van der Waals surface area contributed by atoms with Crippen molar-refractivity contribution in [3.8, 4) is 5.88 Å². The van der Waals surface area contributed by atoms with Crippen LogP contribution in [0.1, 0.15) is 0 Å². The molecule has 64 valence electrons. The lowest BCUT2D eigenvalue weighted by atomic mass is 10.5. The van der Waals surface area contributed by atoms with E-state index in [-0.39, 0.29) is 5.88 Å². The van der Waals surface area contributed by atoms with E-state index in [4.69, 9.17) is 4.74 Å². The summed E-state index contributed by atoms with van der Waals surface area (Å²) < 4.78 is 6.47. The Bertz CT molecular complexity index is 288. The number of rotatable bonds is 3. The van der Waals surface area contributed by atoms with Gasteiger partial charge in [0.2, 0.25) is 0 Å². The molecule has 0 saturated heterocycles. The van der Waals surface area contributed by atoms with Gasteiger partial charge in [-0.05, 0) is 6.07 Å². The molecule has 0 unspecified atom stereocenters. The standard InChI is InChI=1S/C8H8BrNO2/c1-7(9)6-12-8-4-2-3-5-10(8)11/h2-5H,1,6H2. The molecule has 0 aliphatic rings. The lowest BCUT2D eigenvalue weighted by molar-refractivity contribution is -0.612. The Morgan fingerprint density at radius 2 is 2.42 bits per heavy atom. The molecule has 0 radical (unpaired) electrons. The Hall–Kier alpha value is -1.03. The van der Waals surface area contributed by atoms with Gasteiger partial charge >= 0.3 is 5.88 Å². The van der Waals surface area contributed by atoms with Crippen LogP contribution in [0, 0.1) is 5.21 Å². The summed E-state index contributed by atoms with van der Waals surface area (Å²) in [6, 6.07) is 4.98. The van der Waals surface area contributed by atoms with Crippen LogP contribution in [0.25, 0.3) is 0 Å². The number of hydrogen-bond acceptors (Lipinski definition) is 2. The molecule has 1 aromatic heterocycles. The molecule has 0 bridgehead atoms. The van der Waals surface area contributed by atoms with Gasteiger partial charge in [0.05, 0.1) is 6.07 Å².